The summed E-state index contributed by atoms with van der Waals surface area (Å²) >= 11 is 0. The Balaban J connectivity index is 1.75. The lowest BCUT2D eigenvalue weighted by atomic mass is 10.2. The van der Waals surface area contributed by atoms with Gasteiger partial charge in [0, 0.05) is 37.9 Å². The summed E-state index contributed by atoms with van der Waals surface area (Å²) in [5.74, 6) is 0.341. The molecular formula is C18H21FN2O3S. The van der Waals surface area contributed by atoms with Crippen LogP contribution in [0.4, 0.5) is 10.1 Å². The molecule has 0 aromatic heterocycles. The number of benzene rings is 2. The van der Waals surface area contributed by atoms with Crippen LogP contribution in [0.1, 0.15) is 5.56 Å². The van der Waals surface area contributed by atoms with Gasteiger partial charge >= 0.3 is 0 Å². The van der Waals surface area contributed by atoms with Gasteiger partial charge in [-0.3, -0.25) is 0 Å². The molecule has 3 rings (SSSR count). The van der Waals surface area contributed by atoms with E-state index in [1.807, 2.05) is 24.3 Å². The van der Waals surface area contributed by atoms with Crippen LogP contribution < -0.4 is 9.64 Å². The molecule has 0 aliphatic carbocycles. The van der Waals surface area contributed by atoms with Crippen LogP contribution >= 0.6 is 0 Å². The molecule has 7 heteroatoms. The van der Waals surface area contributed by atoms with E-state index in [0.29, 0.717) is 31.7 Å². The van der Waals surface area contributed by atoms with E-state index in [1.165, 1.54) is 22.5 Å². The Kier molecular flexibility index (Phi) is 4.96. The van der Waals surface area contributed by atoms with Crippen molar-refractivity contribution in [1.29, 1.82) is 0 Å². The first kappa shape index (κ1) is 17.7. The molecule has 25 heavy (non-hydrogen) atoms. The minimum atomic E-state index is -3.61. The van der Waals surface area contributed by atoms with Crippen LogP contribution in [0.2, 0.25) is 0 Å². The lowest BCUT2D eigenvalue weighted by Crippen LogP contribution is -2.48. The molecule has 0 bridgehead atoms. The lowest BCUT2D eigenvalue weighted by molar-refractivity contribution is 0.383. The zero-order valence-electron chi connectivity index (χ0n) is 14.3. The average Bonchev–Trinajstić information content (AvgIpc) is 2.61. The predicted octanol–water partition coefficient (Wildman–Crippen LogP) is 2.65. The molecule has 0 atom stereocenters. The van der Waals surface area contributed by atoms with E-state index in [1.54, 1.807) is 14.0 Å². The van der Waals surface area contributed by atoms with Gasteiger partial charge in [0.05, 0.1) is 12.0 Å². The van der Waals surface area contributed by atoms with E-state index in [0.717, 1.165) is 11.4 Å². The van der Waals surface area contributed by atoms with E-state index in [9.17, 15) is 12.8 Å². The average molecular weight is 364 g/mol. The summed E-state index contributed by atoms with van der Waals surface area (Å²) in [5.41, 5.74) is 1.43. The molecule has 2 aromatic carbocycles. The number of halogens is 1. The Bertz CT molecular complexity index is 862. The number of hydrogen-bond acceptors (Lipinski definition) is 4. The number of methoxy groups -OCH3 is 1. The van der Waals surface area contributed by atoms with Gasteiger partial charge in [0.2, 0.25) is 10.0 Å². The van der Waals surface area contributed by atoms with Gasteiger partial charge in [-0.15, -0.1) is 0 Å². The SMILES string of the molecule is COc1cccc(N2CCN(S(=O)(=O)c3ccc(F)cc3C)CC2)c1. The maximum absolute atomic E-state index is 13.3. The first-order valence-electron chi connectivity index (χ1n) is 8.07. The van der Waals surface area contributed by atoms with Crippen molar-refractivity contribution in [3.8, 4) is 5.75 Å². The van der Waals surface area contributed by atoms with E-state index in [2.05, 4.69) is 4.90 Å². The van der Waals surface area contributed by atoms with Crippen molar-refractivity contribution in [3.63, 3.8) is 0 Å². The van der Waals surface area contributed by atoms with E-state index in [4.69, 9.17) is 4.74 Å². The number of sulfonamides is 1. The van der Waals surface area contributed by atoms with Gasteiger partial charge in [0.25, 0.3) is 0 Å². The van der Waals surface area contributed by atoms with E-state index < -0.39 is 15.8 Å². The Hall–Kier alpha value is -2.12. The molecule has 2 aromatic rings. The van der Waals surface area contributed by atoms with Crippen LogP contribution in [0.25, 0.3) is 0 Å². The van der Waals surface area contributed by atoms with Gasteiger partial charge in [0.1, 0.15) is 11.6 Å². The number of nitrogens with zero attached hydrogens (tertiary/aromatic N) is 2. The summed E-state index contributed by atoms with van der Waals surface area (Å²) in [5, 5.41) is 0. The molecular weight excluding hydrogens is 343 g/mol. The predicted molar refractivity (Wildman–Crippen MR) is 95.1 cm³/mol. The molecule has 1 saturated heterocycles. The second-order valence-corrected chi connectivity index (χ2v) is 7.91. The fraction of sp³-hybridized carbons (Fsp3) is 0.333. The normalized spacial score (nSPS) is 16.0. The highest BCUT2D eigenvalue weighted by atomic mass is 32.2. The Morgan fingerprint density at radius 1 is 1.04 bits per heavy atom. The summed E-state index contributed by atoms with van der Waals surface area (Å²) < 4.78 is 45.6. The number of anilines is 1. The summed E-state index contributed by atoms with van der Waals surface area (Å²) in [6.07, 6.45) is 0. The summed E-state index contributed by atoms with van der Waals surface area (Å²) in [4.78, 5) is 2.30. The molecule has 0 radical (unpaired) electrons. The topological polar surface area (TPSA) is 49.9 Å². The molecule has 0 saturated carbocycles. The largest absolute Gasteiger partial charge is 0.497 e. The van der Waals surface area contributed by atoms with Gasteiger partial charge in [-0.25, -0.2) is 12.8 Å². The number of piperazine rings is 1. The Labute approximate surface area is 147 Å². The smallest absolute Gasteiger partial charge is 0.243 e. The fourth-order valence-electron chi connectivity index (χ4n) is 3.04. The Morgan fingerprint density at radius 3 is 2.40 bits per heavy atom. The molecule has 134 valence electrons. The molecule has 1 fully saturated rings. The van der Waals surface area contributed by atoms with Crippen molar-refractivity contribution in [2.24, 2.45) is 0 Å². The minimum absolute atomic E-state index is 0.170. The van der Waals surface area contributed by atoms with Crippen molar-refractivity contribution in [2.45, 2.75) is 11.8 Å². The maximum atomic E-state index is 13.3. The number of aryl methyl sites for hydroxylation is 1. The Morgan fingerprint density at radius 2 is 1.76 bits per heavy atom. The summed E-state index contributed by atoms with van der Waals surface area (Å²) in [7, 11) is -1.99. The minimum Gasteiger partial charge on any atom is -0.497 e. The van der Waals surface area contributed by atoms with Crippen LogP contribution in [0.3, 0.4) is 0 Å². The van der Waals surface area contributed by atoms with Crippen molar-refractivity contribution in [3.05, 3.63) is 53.8 Å². The van der Waals surface area contributed by atoms with E-state index in [-0.39, 0.29) is 4.90 Å². The van der Waals surface area contributed by atoms with Crippen molar-refractivity contribution >= 4 is 15.7 Å². The maximum Gasteiger partial charge on any atom is 0.243 e. The quantitative estimate of drug-likeness (QED) is 0.837. The summed E-state index contributed by atoms with van der Waals surface area (Å²) in [6, 6.07) is 11.5. The highest BCUT2D eigenvalue weighted by Crippen LogP contribution is 2.25. The second kappa shape index (κ2) is 7.01. The molecule has 5 nitrogen and oxygen atoms in total. The highest BCUT2D eigenvalue weighted by Gasteiger charge is 2.29. The van der Waals surface area contributed by atoms with Crippen LogP contribution in [0, 0.1) is 12.7 Å². The first-order chi connectivity index (χ1) is 11.9. The van der Waals surface area contributed by atoms with Crippen molar-refractivity contribution in [2.75, 3.05) is 38.2 Å². The van der Waals surface area contributed by atoms with Gasteiger partial charge in [-0.1, -0.05) is 6.07 Å². The third kappa shape index (κ3) is 3.62. The van der Waals surface area contributed by atoms with Gasteiger partial charge < -0.3 is 9.64 Å². The van der Waals surface area contributed by atoms with Crippen LogP contribution in [0.5, 0.6) is 5.75 Å². The number of hydrogen-bond donors (Lipinski definition) is 0. The third-order valence-corrected chi connectivity index (χ3v) is 6.47. The molecule has 0 amide bonds. The molecule has 1 aliphatic rings. The van der Waals surface area contributed by atoms with Crippen LogP contribution in [-0.4, -0.2) is 46.0 Å². The zero-order chi connectivity index (χ0) is 18.0. The third-order valence-electron chi connectivity index (χ3n) is 4.41. The molecule has 1 aliphatic heterocycles. The van der Waals surface area contributed by atoms with Crippen LogP contribution in [0.15, 0.2) is 47.4 Å². The second-order valence-electron chi connectivity index (χ2n) is 6.00. The monoisotopic (exact) mass is 364 g/mol. The van der Waals surface area contributed by atoms with Gasteiger partial charge in [0.15, 0.2) is 0 Å². The lowest BCUT2D eigenvalue weighted by Gasteiger charge is -2.35. The molecule has 0 N–H and O–H groups in total. The molecule has 0 unspecified atom stereocenters. The molecule has 1 heterocycles. The van der Waals surface area contributed by atoms with Gasteiger partial charge in [-0.05, 0) is 42.8 Å². The van der Waals surface area contributed by atoms with Crippen LogP contribution in [-0.2, 0) is 10.0 Å². The van der Waals surface area contributed by atoms with Crippen molar-refractivity contribution < 1.29 is 17.5 Å². The zero-order valence-corrected chi connectivity index (χ0v) is 15.1. The van der Waals surface area contributed by atoms with E-state index >= 15 is 0 Å². The number of rotatable bonds is 4. The first-order valence-corrected chi connectivity index (χ1v) is 9.51. The highest BCUT2D eigenvalue weighted by molar-refractivity contribution is 7.89. The standard InChI is InChI=1S/C18H21FN2O3S/c1-14-12-15(19)6-7-18(14)25(22,23)21-10-8-20(9-11-21)16-4-3-5-17(13-16)24-2/h3-7,12-13H,8-11H2,1-2H3. The van der Waals surface area contributed by atoms with Gasteiger partial charge in [-0.2, -0.15) is 4.31 Å². The van der Waals surface area contributed by atoms with Crippen molar-refractivity contribution in [1.82, 2.24) is 4.31 Å². The fourth-order valence-corrected chi connectivity index (χ4v) is 4.66. The summed E-state index contributed by atoms with van der Waals surface area (Å²) in [6.45, 7) is 3.56. The number of ether oxygens (including phenoxy) is 1. The molecule has 0 spiro atoms.